The summed E-state index contributed by atoms with van der Waals surface area (Å²) < 4.78 is 0. The summed E-state index contributed by atoms with van der Waals surface area (Å²) >= 11 is 5.85. The predicted molar refractivity (Wildman–Crippen MR) is 84.1 cm³/mol. The highest BCUT2D eigenvalue weighted by molar-refractivity contribution is 6.18. The molecule has 3 heteroatoms. The third kappa shape index (κ3) is 4.52. The standard InChI is InChI=1S/C17H24ClNO/c18-13-14-19(16-10-4-5-11-16)17(20)12-6-9-15-7-2-1-3-8-15/h1-3,7-8,16H,4-6,9-14H2. The highest BCUT2D eigenvalue weighted by Gasteiger charge is 2.25. The molecule has 0 heterocycles. The van der Waals surface area contributed by atoms with Crippen LogP contribution in [0.15, 0.2) is 30.3 Å². The highest BCUT2D eigenvalue weighted by atomic mass is 35.5. The SMILES string of the molecule is O=C(CCCc1ccccc1)N(CCCl)C1CCCC1. The topological polar surface area (TPSA) is 20.3 Å². The van der Waals surface area contributed by atoms with Gasteiger partial charge >= 0.3 is 0 Å². The van der Waals surface area contributed by atoms with Gasteiger partial charge in [-0.15, -0.1) is 11.6 Å². The molecule has 110 valence electrons. The van der Waals surface area contributed by atoms with Crippen molar-refractivity contribution in [3.05, 3.63) is 35.9 Å². The molecule has 0 atom stereocenters. The Hall–Kier alpha value is -1.02. The van der Waals surface area contributed by atoms with Crippen LogP contribution in [-0.2, 0) is 11.2 Å². The lowest BCUT2D eigenvalue weighted by Crippen LogP contribution is -2.40. The molecule has 1 amide bonds. The zero-order valence-electron chi connectivity index (χ0n) is 12.1. The normalized spacial score (nSPS) is 15.4. The molecule has 0 unspecified atom stereocenters. The van der Waals surface area contributed by atoms with Crippen molar-refractivity contribution >= 4 is 17.5 Å². The maximum absolute atomic E-state index is 12.4. The van der Waals surface area contributed by atoms with Crippen LogP contribution in [0.3, 0.4) is 0 Å². The molecule has 0 saturated heterocycles. The van der Waals surface area contributed by atoms with Crippen molar-refractivity contribution < 1.29 is 4.79 Å². The predicted octanol–water partition coefficient (Wildman–Crippen LogP) is 4.02. The summed E-state index contributed by atoms with van der Waals surface area (Å²) in [5, 5.41) is 0. The number of aryl methyl sites for hydroxylation is 1. The first-order chi connectivity index (χ1) is 9.81. The molecule has 0 aromatic heterocycles. The largest absolute Gasteiger partial charge is 0.339 e. The molecule has 2 rings (SSSR count). The smallest absolute Gasteiger partial charge is 0.222 e. The fraction of sp³-hybridized carbons (Fsp3) is 0.588. The average molecular weight is 294 g/mol. The van der Waals surface area contributed by atoms with E-state index >= 15 is 0 Å². The first kappa shape index (κ1) is 15.4. The minimum Gasteiger partial charge on any atom is -0.339 e. The summed E-state index contributed by atoms with van der Waals surface area (Å²) in [6.07, 6.45) is 7.35. The number of hydrogen-bond donors (Lipinski definition) is 0. The highest BCUT2D eigenvalue weighted by Crippen LogP contribution is 2.24. The Morgan fingerprint density at radius 2 is 1.90 bits per heavy atom. The second-order valence-electron chi connectivity index (χ2n) is 5.55. The maximum Gasteiger partial charge on any atom is 0.222 e. The molecular formula is C17H24ClNO. The summed E-state index contributed by atoms with van der Waals surface area (Å²) in [7, 11) is 0. The number of halogens is 1. The van der Waals surface area contributed by atoms with E-state index in [0.29, 0.717) is 24.9 Å². The van der Waals surface area contributed by atoms with E-state index in [4.69, 9.17) is 11.6 Å². The number of carbonyl (C=O) groups excluding carboxylic acids is 1. The van der Waals surface area contributed by atoms with Gasteiger partial charge in [0, 0.05) is 24.9 Å². The van der Waals surface area contributed by atoms with Crippen molar-refractivity contribution in [3.63, 3.8) is 0 Å². The van der Waals surface area contributed by atoms with Crippen LogP contribution in [0.25, 0.3) is 0 Å². The summed E-state index contributed by atoms with van der Waals surface area (Å²) in [6.45, 7) is 0.705. The molecular weight excluding hydrogens is 270 g/mol. The number of amides is 1. The van der Waals surface area contributed by atoms with Gasteiger partial charge in [-0.25, -0.2) is 0 Å². The first-order valence-electron chi connectivity index (χ1n) is 7.70. The Labute approximate surface area is 127 Å². The van der Waals surface area contributed by atoms with Gasteiger partial charge in [-0.2, -0.15) is 0 Å². The van der Waals surface area contributed by atoms with Gasteiger partial charge in [0.2, 0.25) is 5.91 Å². The number of carbonyl (C=O) groups is 1. The molecule has 2 nitrogen and oxygen atoms in total. The summed E-state index contributed by atoms with van der Waals surface area (Å²) in [5.74, 6) is 0.828. The third-order valence-corrected chi connectivity index (χ3v) is 4.28. The molecule has 1 aromatic carbocycles. The van der Waals surface area contributed by atoms with Gasteiger partial charge in [0.05, 0.1) is 0 Å². The van der Waals surface area contributed by atoms with Crippen LogP contribution in [-0.4, -0.2) is 29.3 Å². The first-order valence-corrected chi connectivity index (χ1v) is 8.24. The van der Waals surface area contributed by atoms with E-state index in [-0.39, 0.29) is 5.91 Å². The number of alkyl halides is 1. The van der Waals surface area contributed by atoms with Crippen molar-refractivity contribution in [2.75, 3.05) is 12.4 Å². The van der Waals surface area contributed by atoms with Gasteiger partial charge in [0.1, 0.15) is 0 Å². The Balaban J connectivity index is 1.79. The van der Waals surface area contributed by atoms with Crippen LogP contribution < -0.4 is 0 Å². The Kier molecular flexibility index (Phi) is 6.38. The third-order valence-electron chi connectivity index (χ3n) is 4.11. The van der Waals surface area contributed by atoms with Gasteiger partial charge in [0.25, 0.3) is 0 Å². The summed E-state index contributed by atoms with van der Waals surface area (Å²) in [6, 6.07) is 10.8. The quantitative estimate of drug-likeness (QED) is 0.695. The van der Waals surface area contributed by atoms with Crippen LogP contribution in [0, 0.1) is 0 Å². The molecule has 0 bridgehead atoms. The number of nitrogens with zero attached hydrogens (tertiary/aromatic N) is 1. The summed E-state index contributed by atoms with van der Waals surface area (Å²) in [5.41, 5.74) is 1.31. The van der Waals surface area contributed by atoms with Crippen LogP contribution in [0.2, 0.25) is 0 Å². The van der Waals surface area contributed by atoms with E-state index in [1.165, 1.54) is 18.4 Å². The van der Waals surface area contributed by atoms with Gasteiger partial charge < -0.3 is 4.90 Å². The van der Waals surface area contributed by atoms with Crippen molar-refractivity contribution in [2.45, 2.75) is 51.0 Å². The average Bonchev–Trinajstić information content (AvgIpc) is 2.99. The fourth-order valence-electron chi connectivity index (χ4n) is 3.05. The van der Waals surface area contributed by atoms with Gasteiger partial charge in [0.15, 0.2) is 0 Å². The van der Waals surface area contributed by atoms with Gasteiger partial charge in [-0.1, -0.05) is 43.2 Å². The molecule has 20 heavy (non-hydrogen) atoms. The molecule has 1 aromatic rings. The second kappa shape index (κ2) is 8.31. The molecule has 1 aliphatic carbocycles. The summed E-state index contributed by atoms with van der Waals surface area (Å²) in [4.78, 5) is 14.4. The van der Waals surface area contributed by atoms with Crippen molar-refractivity contribution in [1.82, 2.24) is 4.90 Å². The van der Waals surface area contributed by atoms with E-state index in [1.54, 1.807) is 0 Å². The second-order valence-corrected chi connectivity index (χ2v) is 5.93. The number of hydrogen-bond acceptors (Lipinski definition) is 1. The molecule has 0 spiro atoms. The zero-order chi connectivity index (χ0) is 14.2. The number of benzene rings is 1. The fourth-order valence-corrected chi connectivity index (χ4v) is 3.23. The molecule has 0 aliphatic heterocycles. The van der Waals surface area contributed by atoms with E-state index in [1.807, 2.05) is 11.0 Å². The lowest BCUT2D eigenvalue weighted by Gasteiger charge is -2.28. The van der Waals surface area contributed by atoms with Crippen LogP contribution in [0.5, 0.6) is 0 Å². The Morgan fingerprint density at radius 1 is 1.20 bits per heavy atom. The van der Waals surface area contributed by atoms with E-state index in [0.717, 1.165) is 25.7 Å². The molecule has 1 fully saturated rings. The monoisotopic (exact) mass is 293 g/mol. The van der Waals surface area contributed by atoms with E-state index in [2.05, 4.69) is 24.3 Å². The van der Waals surface area contributed by atoms with Crippen molar-refractivity contribution in [1.29, 1.82) is 0 Å². The molecule has 0 radical (unpaired) electrons. The Bertz CT molecular complexity index is 401. The van der Waals surface area contributed by atoms with Crippen molar-refractivity contribution in [3.8, 4) is 0 Å². The van der Waals surface area contributed by atoms with Gasteiger partial charge in [-0.3, -0.25) is 4.79 Å². The molecule has 1 saturated carbocycles. The van der Waals surface area contributed by atoms with Gasteiger partial charge in [-0.05, 0) is 31.2 Å². The minimum absolute atomic E-state index is 0.286. The van der Waals surface area contributed by atoms with E-state index in [9.17, 15) is 4.79 Å². The van der Waals surface area contributed by atoms with Crippen LogP contribution >= 0.6 is 11.6 Å². The number of rotatable bonds is 7. The van der Waals surface area contributed by atoms with E-state index < -0.39 is 0 Å². The molecule has 1 aliphatic rings. The maximum atomic E-state index is 12.4. The zero-order valence-corrected chi connectivity index (χ0v) is 12.8. The van der Waals surface area contributed by atoms with Crippen LogP contribution in [0.1, 0.15) is 44.1 Å². The van der Waals surface area contributed by atoms with Crippen LogP contribution in [0.4, 0.5) is 0 Å². The molecule has 0 N–H and O–H groups in total. The minimum atomic E-state index is 0.286. The van der Waals surface area contributed by atoms with Crippen molar-refractivity contribution in [2.24, 2.45) is 0 Å². The lowest BCUT2D eigenvalue weighted by atomic mass is 10.1. The Morgan fingerprint density at radius 3 is 2.55 bits per heavy atom. The lowest BCUT2D eigenvalue weighted by molar-refractivity contribution is -0.133.